The number of hydrogen-bond acceptors (Lipinski definition) is 4. The summed E-state index contributed by atoms with van der Waals surface area (Å²) in [6.45, 7) is 4.23. The van der Waals surface area contributed by atoms with Gasteiger partial charge in [0.05, 0.1) is 24.9 Å². The third-order valence-corrected chi connectivity index (χ3v) is 5.74. The van der Waals surface area contributed by atoms with Crippen LogP contribution in [0, 0.1) is 19.8 Å². The van der Waals surface area contributed by atoms with Gasteiger partial charge in [-0.15, -0.1) is 0 Å². The van der Waals surface area contributed by atoms with Crippen molar-refractivity contribution < 1.29 is 14.3 Å². The van der Waals surface area contributed by atoms with Crippen LogP contribution >= 0.6 is 0 Å². The highest BCUT2D eigenvalue weighted by Gasteiger charge is 2.40. The van der Waals surface area contributed by atoms with Crippen molar-refractivity contribution in [1.29, 1.82) is 0 Å². The molecule has 0 bridgehead atoms. The summed E-state index contributed by atoms with van der Waals surface area (Å²) in [5, 5.41) is 3.64. The number of allylic oxidation sites excluding steroid dienone is 1. The van der Waals surface area contributed by atoms with E-state index in [1.165, 1.54) is 11.1 Å². The van der Waals surface area contributed by atoms with E-state index >= 15 is 0 Å². The van der Waals surface area contributed by atoms with E-state index in [-0.39, 0.29) is 17.8 Å². The molecule has 4 rings (SSSR count). The highest BCUT2D eigenvalue weighted by Crippen LogP contribution is 2.39. The minimum absolute atomic E-state index is 0.0666. The Kier molecular flexibility index (Phi) is 5.12. The molecule has 2 aromatic rings. The van der Waals surface area contributed by atoms with Crippen LogP contribution < -0.4 is 10.1 Å². The third-order valence-electron chi connectivity index (χ3n) is 5.74. The summed E-state index contributed by atoms with van der Waals surface area (Å²) < 4.78 is 11.5. The van der Waals surface area contributed by atoms with Gasteiger partial charge in [-0.1, -0.05) is 24.3 Å². The van der Waals surface area contributed by atoms with Gasteiger partial charge in [0.15, 0.2) is 5.78 Å². The van der Waals surface area contributed by atoms with E-state index in [1.807, 2.05) is 24.3 Å². The van der Waals surface area contributed by atoms with Crippen molar-refractivity contribution in [2.75, 3.05) is 12.4 Å². The highest BCUT2D eigenvalue weighted by molar-refractivity contribution is 6.22. The van der Waals surface area contributed by atoms with Crippen LogP contribution in [0.5, 0.6) is 5.75 Å². The summed E-state index contributed by atoms with van der Waals surface area (Å²) in [4.78, 5) is 13.2. The second-order valence-electron chi connectivity index (χ2n) is 7.91. The number of hydrogen-bond donors (Lipinski definition) is 1. The fraction of sp³-hybridized carbons (Fsp3) is 0.375. The second kappa shape index (κ2) is 7.70. The van der Waals surface area contributed by atoms with E-state index in [0.717, 1.165) is 30.5 Å². The number of Topliss-reactive ketones (excluding diaryl/α,β-unsaturated/α-hetero) is 1. The van der Waals surface area contributed by atoms with Crippen LogP contribution in [0.25, 0.3) is 5.57 Å². The van der Waals surface area contributed by atoms with Gasteiger partial charge >= 0.3 is 0 Å². The van der Waals surface area contributed by atoms with Crippen molar-refractivity contribution in [1.82, 2.24) is 0 Å². The molecule has 0 amide bonds. The molecule has 146 valence electrons. The molecule has 0 radical (unpaired) electrons. The van der Waals surface area contributed by atoms with Gasteiger partial charge in [-0.05, 0) is 56.0 Å². The number of anilines is 1. The predicted octanol–water partition coefficient (Wildman–Crippen LogP) is 4.90. The number of rotatable bonds is 4. The monoisotopic (exact) mass is 377 g/mol. The third kappa shape index (κ3) is 3.64. The maximum Gasteiger partial charge on any atom is 0.173 e. The lowest BCUT2D eigenvalue weighted by Crippen LogP contribution is -2.42. The van der Waals surface area contributed by atoms with Crippen molar-refractivity contribution in [2.24, 2.45) is 5.92 Å². The Labute approximate surface area is 166 Å². The maximum absolute atomic E-state index is 13.2. The molecule has 1 fully saturated rings. The Morgan fingerprint density at radius 2 is 1.82 bits per heavy atom. The minimum Gasteiger partial charge on any atom is -0.496 e. The van der Waals surface area contributed by atoms with Gasteiger partial charge in [0.25, 0.3) is 0 Å². The first-order chi connectivity index (χ1) is 13.5. The number of methoxy groups -OCH3 is 1. The molecule has 2 aliphatic rings. The molecule has 0 saturated heterocycles. The summed E-state index contributed by atoms with van der Waals surface area (Å²) >= 11 is 0. The fourth-order valence-electron chi connectivity index (χ4n) is 4.48. The first kappa shape index (κ1) is 18.6. The Morgan fingerprint density at radius 3 is 2.57 bits per heavy atom. The lowest BCUT2D eigenvalue weighted by molar-refractivity contribution is -0.124. The number of ether oxygens (including phenoxy) is 2. The van der Waals surface area contributed by atoms with Gasteiger partial charge in [0.1, 0.15) is 11.9 Å². The highest BCUT2D eigenvalue weighted by atomic mass is 16.5. The van der Waals surface area contributed by atoms with E-state index in [2.05, 4.69) is 37.4 Å². The van der Waals surface area contributed by atoms with Gasteiger partial charge in [0, 0.05) is 23.7 Å². The van der Waals surface area contributed by atoms with E-state index in [4.69, 9.17) is 9.47 Å². The van der Waals surface area contributed by atoms with Crippen LogP contribution in [0.4, 0.5) is 5.69 Å². The van der Waals surface area contributed by atoms with Crippen molar-refractivity contribution in [3.05, 3.63) is 65.4 Å². The Bertz CT molecular complexity index is 898. The smallest absolute Gasteiger partial charge is 0.173 e. The quantitative estimate of drug-likeness (QED) is 0.823. The minimum atomic E-state index is -0.0813. The standard InChI is InChI=1S/C24H27NO3/c1-15-10-16(2)12-18(11-15)25-17-8-9-20-23(13-17)28-14-21(24(20)26)19-6-4-5-7-22(19)27-3/h4-7,10-12,14,17,20,23,25H,8-9,13H2,1-3H3. The number of carbonyl (C=O) groups excluding carboxylic acids is 1. The van der Waals surface area contributed by atoms with Gasteiger partial charge in [-0.3, -0.25) is 4.79 Å². The SMILES string of the molecule is COc1ccccc1C1=COC2CC(Nc3cc(C)cc(C)c3)CCC2C1=O. The van der Waals surface area contributed by atoms with Crippen LogP contribution in [0.2, 0.25) is 0 Å². The maximum atomic E-state index is 13.2. The van der Waals surface area contributed by atoms with Crippen LogP contribution in [0.3, 0.4) is 0 Å². The van der Waals surface area contributed by atoms with Crippen molar-refractivity contribution in [3.63, 3.8) is 0 Å². The summed E-state index contributed by atoms with van der Waals surface area (Å²) in [7, 11) is 1.63. The molecule has 1 heterocycles. The van der Waals surface area contributed by atoms with Crippen molar-refractivity contribution >= 4 is 17.0 Å². The first-order valence-corrected chi connectivity index (χ1v) is 9.93. The Balaban J connectivity index is 1.49. The van der Waals surface area contributed by atoms with Gasteiger partial charge in [-0.25, -0.2) is 0 Å². The number of carbonyl (C=O) groups is 1. The topological polar surface area (TPSA) is 47.6 Å². The Hall–Kier alpha value is -2.75. The molecule has 2 aromatic carbocycles. The number of benzene rings is 2. The Morgan fingerprint density at radius 1 is 1.07 bits per heavy atom. The molecule has 1 aliphatic heterocycles. The lowest BCUT2D eigenvalue weighted by Gasteiger charge is -2.38. The predicted molar refractivity (Wildman–Crippen MR) is 112 cm³/mol. The van der Waals surface area contributed by atoms with Crippen LogP contribution in [-0.4, -0.2) is 25.0 Å². The summed E-state index contributed by atoms with van der Waals surface area (Å²) in [5.74, 6) is 0.794. The molecular formula is C24H27NO3. The van der Waals surface area contributed by atoms with Gasteiger partial charge < -0.3 is 14.8 Å². The zero-order valence-electron chi connectivity index (χ0n) is 16.7. The molecule has 4 nitrogen and oxygen atoms in total. The number of ketones is 1. The second-order valence-corrected chi connectivity index (χ2v) is 7.91. The van der Waals surface area contributed by atoms with Gasteiger partial charge in [0.2, 0.25) is 0 Å². The van der Waals surface area contributed by atoms with Crippen LogP contribution in [-0.2, 0) is 9.53 Å². The number of nitrogens with one attached hydrogen (secondary N) is 1. The molecule has 4 heteroatoms. The largest absolute Gasteiger partial charge is 0.496 e. The molecule has 3 atom stereocenters. The molecule has 0 spiro atoms. The lowest BCUT2D eigenvalue weighted by atomic mass is 9.77. The molecule has 3 unspecified atom stereocenters. The number of aryl methyl sites for hydroxylation is 2. The number of para-hydroxylation sites is 1. The average Bonchev–Trinajstić information content (AvgIpc) is 2.67. The first-order valence-electron chi connectivity index (χ1n) is 9.93. The normalized spacial score (nSPS) is 24.0. The zero-order valence-corrected chi connectivity index (χ0v) is 16.7. The molecule has 28 heavy (non-hydrogen) atoms. The van der Waals surface area contributed by atoms with E-state index in [1.54, 1.807) is 13.4 Å². The molecular weight excluding hydrogens is 350 g/mol. The van der Waals surface area contributed by atoms with Crippen molar-refractivity contribution in [3.8, 4) is 5.75 Å². The average molecular weight is 377 g/mol. The summed E-state index contributed by atoms with van der Waals surface area (Å²) in [6.07, 6.45) is 4.20. The summed E-state index contributed by atoms with van der Waals surface area (Å²) in [6, 6.07) is 14.5. The fourth-order valence-corrected chi connectivity index (χ4v) is 4.48. The molecule has 1 saturated carbocycles. The van der Waals surface area contributed by atoms with Gasteiger partial charge in [-0.2, -0.15) is 0 Å². The van der Waals surface area contributed by atoms with E-state index in [0.29, 0.717) is 17.4 Å². The van der Waals surface area contributed by atoms with Crippen molar-refractivity contribution in [2.45, 2.75) is 45.3 Å². The number of fused-ring (bicyclic) bond motifs is 1. The van der Waals surface area contributed by atoms with Crippen LogP contribution in [0.1, 0.15) is 36.0 Å². The molecule has 0 aromatic heterocycles. The van der Waals surface area contributed by atoms with E-state index in [9.17, 15) is 4.79 Å². The van der Waals surface area contributed by atoms with E-state index < -0.39 is 0 Å². The molecule has 1 N–H and O–H groups in total. The summed E-state index contributed by atoms with van der Waals surface area (Å²) in [5.41, 5.74) is 5.09. The van der Waals surface area contributed by atoms with Crippen LogP contribution in [0.15, 0.2) is 48.7 Å². The molecule has 1 aliphatic carbocycles. The zero-order chi connectivity index (χ0) is 19.7.